The molecule has 0 aliphatic heterocycles. The van der Waals surface area contributed by atoms with Gasteiger partial charge < -0.3 is 5.32 Å². The second kappa shape index (κ2) is 21.7. The van der Waals surface area contributed by atoms with Crippen molar-refractivity contribution >= 4 is 5.91 Å². The second-order valence-corrected chi connectivity index (χ2v) is 10.8. The van der Waals surface area contributed by atoms with Crippen molar-refractivity contribution in [1.82, 2.24) is 5.32 Å². The fourth-order valence-electron chi connectivity index (χ4n) is 4.11. The molecule has 1 amide bonds. The number of rotatable bonds is 22. The number of amides is 1. The van der Waals surface area contributed by atoms with E-state index in [0.29, 0.717) is 11.8 Å². The monoisotopic (exact) mass is 423 g/mol. The summed E-state index contributed by atoms with van der Waals surface area (Å²) in [6, 6.07) is 0. The molecule has 0 spiro atoms. The number of hydrogen-bond acceptors (Lipinski definition) is 1. The lowest BCUT2D eigenvalue weighted by atomic mass is 9.89. The van der Waals surface area contributed by atoms with Crippen molar-refractivity contribution in [2.24, 2.45) is 5.41 Å². The summed E-state index contributed by atoms with van der Waals surface area (Å²) in [4.78, 5) is 11.9. The molecule has 30 heavy (non-hydrogen) atoms. The summed E-state index contributed by atoms with van der Waals surface area (Å²) in [5.41, 5.74) is 0.426. The maximum Gasteiger partial charge on any atom is 0.219 e. The number of unbranched alkanes of at least 4 members (excludes halogenated alkanes) is 17. The predicted molar refractivity (Wildman–Crippen MR) is 135 cm³/mol. The Hall–Kier alpha value is -0.530. The van der Waals surface area contributed by atoms with E-state index in [4.69, 9.17) is 0 Å². The lowest BCUT2D eigenvalue weighted by molar-refractivity contribution is -0.121. The van der Waals surface area contributed by atoms with Crippen molar-refractivity contribution in [2.45, 2.75) is 163 Å². The molecule has 1 N–H and O–H groups in total. The van der Waals surface area contributed by atoms with Crippen molar-refractivity contribution in [2.75, 3.05) is 6.54 Å². The van der Waals surface area contributed by atoms with Crippen LogP contribution in [0.1, 0.15) is 163 Å². The van der Waals surface area contributed by atoms with Gasteiger partial charge in [0.15, 0.2) is 0 Å². The van der Waals surface area contributed by atoms with E-state index in [0.717, 1.165) is 19.4 Å². The van der Waals surface area contributed by atoms with Gasteiger partial charge in [-0.2, -0.15) is 0 Å². The Balaban J connectivity index is 3.16. The molecule has 0 radical (unpaired) electrons. The maximum atomic E-state index is 11.9. The van der Waals surface area contributed by atoms with E-state index in [2.05, 4.69) is 33.0 Å². The van der Waals surface area contributed by atoms with Crippen LogP contribution in [0.2, 0.25) is 0 Å². The first-order valence-corrected chi connectivity index (χ1v) is 13.7. The molecule has 0 heterocycles. The summed E-state index contributed by atoms with van der Waals surface area (Å²) in [7, 11) is 0. The first-order valence-electron chi connectivity index (χ1n) is 13.7. The Kier molecular flexibility index (Phi) is 21.3. The predicted octanol–water partition coefficient (Wildman–Crippen LogP) is 9.36. The van der Waals surface area contributed by atoms with Gasteiger partial charge in [0.25, 0.3) is 0 Å². The van der Waals surface area contributed by atoms with Crippen LogP contribution in [0.3, 0.4) is 0 Å². The van der Waals surface area contributed by atoms with Crippen molar-refractivity contribution in [3.05, 3.63) is 0 Å². The van der Waals surface area contributed by atoms with Crippen LogP contribution < -0.4 is 5.32 Å². The van der Waals surface area contributed by atoms with E-state index in [9.17, 15) is 4.79 Å². The van der Waals surface area contributed by atoms with Crippen LogP contribution in [0.25, 0.3) is 0 Å². The van der Waals surface area contributed by atoms with Gasteiger partial charge in [0.2, 0.25) is 5.91 Å². The third kappa shape index (κ3) is 25.5. The summed E-state index contributed by atoms with van der Waals surface area (Å²) in [5, 5.41) is 3.10. The van der Waals surface area contributed by atoms with Gasteiger partial charge in [0, 0.05) is 13.0 Å². The van der Waals surface area contributed by atoms with Crippen LogP contribution in [0.4, 0.5) is 0 Å². The Morgan fingerprint density at radius 2 is 0.967 bits per heavy atom. The van der Waals surface area contributed by atoms with Gasteiger partial charge in [-0.1, -0.05) is 137 Å². The molecule has 0 saturated heterocycles. The largest absolute Gasteiger partial charge is 0.356 e. The lowest BCUT2D eigenvalue weighted by Crippen LogP contribution is -2.23. The molecular weight excluding hydrogens is 366 g/mol. The van der Waals surface area contributed by atoms with E-state index in [1.807, 2.05) is 0 Å². The third-order valence-corrected chi connectivity index (χ3v) is 6.18. The molecule has 0 saturated carbocycles. The van der Waals surface area contributed by atoms with Gasteiger partial charge in [0.05, 0.1) is 0 Å². The molecule has 2 nitrogen and oxygen atoms in total. The van der Waals surface area contributed by atoms with Crippen molar-refractivity contribution in [1.29, 1.82) is 0 Å². The van der Waals surface area contributed by atoms with Crippen LogP contribution in [0, 0.1) is 5.41 Å². The van der Waals surface area contributed by atoms with Crippen molar-refractivity contribution in [3.8, 4) is 0 Å². The summed E-state index contributed by atoms with van der Waals surface area (Å²) in [6.07, 6.45) is 27.7. The highest BCUT2D eigenvalue weighted by Gasteiger charge is 2.09. The van der Waals surface area contributed by atoms with Gasteiger partial charge in [-0.15, -0.1) is 0 Å². The first kappa shape index (κ1) is 29.5. The molecule has 0 atom stereocenters. The van der Waals surface area contributed by atoms with Gasteiger partial charge in [-0.25, -0.2) is 0 Å². The lowest BCUT2D eigenvalue weighted by Gasteiger charge is -2.17. The van der Waals surface area contributed by atoms with Crippen LogP contribution in [0.15, 0.2) is 0 Å². The fraction of sp³-hybridized carbons (Fsp3) is 0.964. The van der Waals surface area contributed by atoms with E-state index in [1.54, 1.807) is 0 Å². The Morgan fingerprint density at radius 1 is 0.567 bits per heavy atom. The minimum atomic E-state index is 0.256. The summed E-state index contributed by atoms with van der Waals surface area (Å²) in [5.74, 6) is 0.256. The molecule has 0 aromatic rings. The molecule has 180 valence electrons. The average Bonchev–Trinajstić information content (AvgIpc) is 2.69. The molecular formula is C28H57NO. The highest BCUT2D eigenvalue weighted by molar-refractivity contribution is 5.75. The van der Waals surface area contributed by atoms with Crippen LogP contribution in [-0.4, -0.2) is 12.5 Å². The standard InChI is InChI=1S/C28H57NO/c1-5-6-7-8-9-10-11-12-13-14-15-16-17-18-19-23-26-29-27(30)24-21-20-22-25-28(2,3)4/h5-26H2,1-4H3,(H,29,30). The number of carbonyl (C=O) groups is 1. The SMILES string of the molecule is CCCCCCCCCCCCCCCCCCNC(=O)CCCCCC(C)(C)C. The Labute approximate surface area is 190 Å². The van der Waals surface area contributed by atoms with Gasteiger partial charge in [-0.05, 0) is 24.7 Å². The molecule has 0 aromatic carbocycles. The summed E-state index contributed by atoms with van der Waals surface area (Å²) in [6.45, 7) is 10.0. The molecule has 0 bridgehead atoms. The highest BCUT2D eigenvalue weighted by atomic mass is 16.1. The average molecular weight is 424 g/mol. The van der Waals surface area contributed by atoms with E-state index in [1.165, 1.54) is 116 Å². The quantitative estimate of drug-likeness (QED) is 0.173. The molecule has 0 unspecified atom stereocenters. The normalized spacial score (nSPS) is 11.7. The van der Waals surface area contributed by atoms with E-state index in [-0.39, 0.29) is 5.91 Å². The maximum absolute atomic E-state index is 11.9. The molecule has 0 aliphatic carbocycles. The smallest absolute Gasteiger partial charge is 0.219 e. The summed E-state index contributed by atoms with van der Waals surface area (Å²) < 4.78 is 0. The molecule has 0 aliphatic rings. The van der Waals surface area contributed by atoms with Gasteiger partial charge in [0.1, 0.15) is 0 Å². The Bertz CT molecular complexity index is 358. The number of carbonyl (C=O) groups excluding carboxylic acids is 1. The van der Waals surface area contributed by atoms with Gasteiger partial charge in [-0.3, -0.25) is 4.79 Å². The number of hydrogen-bond donors (Lipinski definition) is 1. The number of nitrogens with one attached hydrogen (secondary N) is 1. The Morgan fingerprint density at radius 3 is 1.40 bits per heavy atom. The second-order valence-electron chi connectivity index (χ2n) is 10.8. The summed E-state index contributed by atoms with van der Waals surface area (Å²) >= 11 is 0. The molecule has 0 aromatic heterocycles. The van der Waals surface area contributed by atoms with Crippen LogP contribution in [-0.2, 0) is 4.79 Å². The van der Waals surface area contributed by atoms with Crippen LogP contribution >= 0.6 is 0 Å². The van der Waals surface area contributed by atoms with Gasteiger partial charge >= 0.3 is 0 Å². The minimum absolute atomic E-state index is 0.256. The molecule has 2 heteroatoms. The van der Waals surface area contributed by atoms with E-state index >= 15 is 0 Å². The molecule has 0 rings (SSSR count). The van der Waals surface area contributed by atoms with E-state index < -0.39 is 0 Å². The first-order chi connectivity index (χ1) is 14.5. The topological polar surface area (TPSA) is 29.1 Å². The molecule has 0 fully saturated rings. The van der Waals surface area contributed by atoms with Crippen molar-refractivity contribution < 1.29 is 4.79 Å². The van der Waals surface area contributed by atoms with Crippen molar-refractivity contribution in [3.63, 3.8) is 0 Å². The highest BCUT2D eigenvalue weighted by Crippen LogP contribution is 2.22. The zero-order chi connectivity index (χ0) is 22.3. The zero-order valence-corrected chi connectivity index (χ0v) is 21.5. The minimum Gasteiger partial charge on any atom is -0.356 e. The van der Waals surface area contributed by atoms with Crippen LogP contribution in [0.5, 0.6) is 0 Å². The zero-order valence-electron chi connectivity index (χ0n) is 21.5. The fourth-order valence-corrected chi connectivity index (χ4v) is 4.11. The third-order valence-electron chi connectivity index (χ3n) is 6.18.